The standard InChI is InChI=1S/C5H6ClIN2O3S/c1-3-4(13(10,11)12-7)5(6)9(2)8-3/h1-2H3. The van der Waals surface area contributed by atoms with E-state index in [-0.39, 0.29) is 10.0 Å². The minimum Gasteiger partial charge on any atom is -0.255 e. The van der Waals surface area contributed by atoms with Crippen molar-refractivity contribution in [2.75, 3.05) is 0 Å². The van der Waals surface area contributed by atoms with Crippen LogP contribution in [0, 0.1) is 6.92 Å². The minimum absolute atomic E-state index is 0.0502. The quantitative estimate of drug-likeness (QED) is 0.767. The zero-order valence-electron chi connectivity index (χ0n) is 6.78. The fraction of sp³-hybridized carbons (Fsp3) is 0.400. The van der Waals surface area contributed by atoms with Gasteiger partial charge in [-0.3, -0.25) is 4.68 Å². The normalized spacial score (nSPS) is 12.0. The predicted octanol–water partition coefficient (Wildman–Crippen LogP) is 1.44. The Morgan fingerprint density at radius 1 is 1.62 bits per heavy atom. The molecule has 0 spiro atoms. The van der Waals surface area contributed by atoms with Gasteiger partial charge in [0.1, 0.15) is 28.2 Å². The predicted molar refractivity (Wildman–Crippen MR) is 55.2 cm³/mol. The van der Waals surface area contributed by atoms with Gasteiger partial charge in [-0.05, 0) is 6.92 Å². The summed E-state index contributed by atoms with van der Waals surface area (Å²) in [5.74, 6) is 0. The van der Waals surface area contributed by atoms with Crippen LogP contribution in [0.4, 0.5) is 0 Å². The van der Waals surface area contributed by atoms with E-state index in [0.717, 1.165) is 0 Å². The van der Waals surface area contributed by atoms with E-state index >= 15 is 0 Å². The first-order chi connectivity index (χ1) is 5.90. The average Bonchev–Trinajstić information content (AvgIpc) is 2.27. The Labute approximate surface area is 94.8 Å². The molecule has 5 nitrogen and oxygen atoms in total. The van der Waals surface area contributed by atoms with Gasteiger partial charge in [-0.15, -0.1) is 0 Å². The van der Waals surface area contributed by atoms with Gasteiger partial charge in [0, 0.05) is 7.05 Å². The van der Waals surface area contributed by atoms with Crippen LogP contribution >= 0.6 is 34.6 Å². The maximum Gasteiger partial charge on any atom is 0.311 e. The molecule has 0 aliphatic rings. The third-order valence-corrected chi connectivity index (χ3v) is 4.55. The van der Waals surface area contributed by atoms with Crippen molar-refractivity contribution in [2.45, 2.75) is 11.8 Å². The Morgan fingerprint density at radius 2 is 2.15 bits per heavy atom. The summed E-state index contributed by atoms with van der Waals surface area (Å²) in [6, 6.07) is 0. The summed E-state index contributed by atoms with van der Waals surface area (Å²) in [5, 5.41) is 3.90. The van der Waals surface area contributed by atoms with Crippen LogP contribution < -0.4 is 0 Å². The van der Waals surface area contributed by atoms with Gasteiger partial charge in [0.05, 0.1) is 5.69 Å². The van der Waals surface area contributed by atoms with Crippen molar-refractivity contribution in [3.8, 4) is 0 Å². The zero-order chi connectivity index (χ0) is 10.2. The SMILES string of the molecule is Cc1nn(C)c(Cl)c1S(=O)(=O)OI. The Hall–Kier alpha value is 0.140. The van der Waals surface area contributed by atoms with Crippen molar-refractivity contribution in [1.29, 1.82) is 0 Å². The van der Waals surface area contributed by atoms with Gasteiger partial charge in [-0.1, -0.05) is 11.6 Å². The van der Waals surface area contributed by atoms with Gasteiger partial charge in [0.2, 0.25) is 0 Å². The molecule has 0 saturated heterocycles. The molecule has 0 amide bonds. The molecule has 1 aromatic heterocycles. The highest BCUT2D eigenvalue weighted by molar-refractivity contribution is 14.1. The Balaban J connectivity index is 3.47. The topological polar surface area (TPSA) is 61.2 Å². The van der Waals surface area contributed by atoms with Gasteiger partial charge in [0.15, 0.2) is 4.90 Å². The molecule has 13 heavy (non-hydrogen) atoms. The van der Waals surface area contributed by atoms with Crippen LogP contribution in [0.2, 0.25) is 5.15 Å². The van der Waals surface area contributed by atoms with Gasteiger partial charge < -0.3 is 0 Å². The highest BCUT2D eigenvalue weighted by Gasteiger charge is 2.25. The molecule has 1 aromatic rings. The molecule has 0 radical (unpaired) electrons. The molecule has 0 aliphatic heterocycles. The van der Waals surface area contributed by atoms with Crippen molar-refractivity contribution < 1.29 is 10.9 Å². The minimum atomic E-state index is -3.77. The van der Waals surface area contributed by atoms with E-state index in [1.165, 1.54) is 27.7 Å². The monoisotopic (exact) mass is 336 g/mol. The lowest BCUT2D eigenvalue weighted by molar-refractivity contribution is 0.536. The van der Waals surface area contributed by atoms with E-state index in [2.05, 4.69) is 7.61 Å². The van der Waals surface area contributed by atoms with Crippen molar-refractivity contribution in [1.82, 2.24) is 9.78 Å². The number of halogens is 2. The van der Waals surface area contributed by atoms with E-state index in [1.54, 1.807) is 14.0 Å². The van der Waals surface area contributed by atoms with Crippen LogP contribution in [0.1, 0.15) is 5.69 Å². The number of hydrogen-bond acceptors (Lipinski definition) is 4. The molecule has 8 heteroatoms. The molecule has 0 bridgehead atoms. The zero-order valence-corrected chi connectivity index (χ0v) is 10.5. The Bertz CT molecular complexity index is 427. The number of aromatic nitrogens is 2. The largest absolute Gasteiger partial charge is 0.311 e. The molecule has 0 saturated carbocycles. The van der Waals surface area contributed by atoms with E-state index in [4.69, 9.17) is 11.6 Å². The smallest absolute Gasteiger partial charge is 0.255 e. The first-order valence-electron chi connectivity index (χ1n) is 3.14. The highest BCUT2D eigenvalue weighted by atomic mass is 127. The lowest BCUT2D eigenvalue weighted by Crippen LogP contribution is -2.01. The third-order valence-electron chi connectivity index (χ3n) is 1.43. The average molecular weight is 337 g/mol. The van der Waals surface area contributed by atoms with Crippen molar-refractivity contribution >= 4 is 44.7 Å². The van der Waals surface area contributed by atoms with Gasteiger partial charge >= 0.3 is 10.1 Å². The van der Waals surface area contributed by atoms with Crippen LogP contribution in [-0.4, -0.2) is 18.2 Å². The second-order valence-corrected chi connectivity index (χ2v) is 5.23. The first kappa shape index (κ1) is 11.2. The molecular formula is C5H6ClIN2O3S. The second-order valence-electron chi connectivity index (χ2n) is 2.35. The van der Waals surface area contributed by atoms with Crippen molar-refractivity contribution in [3.63, 3.8) is 0 Å². The summed E-state index contributed by atoms with van der Waals surface area (Å²) < 4.78 is 28.2. The van der Waals surface area contributed by atoms with Gasteiger partial charge in [-0.2, -0.15) is 16.0 Å². The lowest BCUT2D eigenvalue weighted by atomic mass is 10.5. The summed E-state index contributed by atoms with van der Waals surface area (Å²) >= 11 is 7.01. The number of aryl methyl sites for hydroxylation is 2. The maximum absolute atomic E-state index is 11.3. The van der Waals surface area contributed by atoms with Gasteiger partial charge in [0.25, 0.3) is 0 Å². The van der Waals surface area contributed by atoms with Crippen molar-refractivity contribution in [2.24, 2.45) is 7.05 Å². The second kappa shape index (κ2) is 3.71. The molecule has 1 heterocycles. The number of hydrogen-bond donors (Lipinski definition) is 0. The Morgan fingerprint density at radius 3 is 2.46 bits per heavy atom. The lowest BCUT2D eigenvalue weighted by Gasteiger charge is -1.97. The maximum atomic E-state index is 11.3. The van der Waals surface area contributed by atoms with Crippen LogP contribution in [0.25, 0.3) is 0 Å². The summed E-state index contributed by atoms with van der Waals surface area (Å²) in [6.45, 7) is 1.55. The van der Waals surface area contributed by atoms with Crippen LogP contribution in [-0.2, 0) is 19.7 Å². The molecule has 74 valence electrons. The van der Waals surface area contributed by atoms with Gasteiger partial charge in [-0.25, -0.2) is 0 Å². The molecule has 0 unspecified atom stereocenters. The van der Waals surface area contributed by atoms with E-state index in [1.807, 2.05) is 0 Å². The third kappa shape index (κ3) is 1.97. The fourth-order valence-corrected chi connectivity index (χ4v) is 2.73. The van der Waals surface area contributed by atoms with E-state index in [9.17, 15) is 8.42 Å². The number of rotatable bonds is 2. The van der Waals surface area contributed by atoms with Crippen LogP contribution in [0.5, 0.6) is 0 Å². The summed E-state index contributed by atoms with van der Waals surface area (Å²) in [5.41, 5.74) is 0.323. The molecule has 0 N–H and O–H groups in total. The fourth-order valence-electron chi connectivity index (χ4n) is 0.926. The molecule has 0 aliphatic carbocycles. The highest BCUT2D eigenvalue weighted by Crippen LogP contribution is 2.26. The summed E-state index contributed by atoms with van der Waals surface area (Å²) in [6.07, 6.45) is 0. The molecule has 0 atom stereocenters. The summed E-state index contributed by atoms with van der Waals surface area (Å²) in [4.78, 5) is -0.0777. The molecule has 1 rings (SSSR count). The molecular weight excluding hydrogens is 330 g/mol. The van der Waals surface area contributed by atoms with Crippen molar-refractivity contribution in [3.05, 3.63) is 10.8 Å². The number of nitrogens with zero attached hydrogens (tertiary/aromatic N) is 2. The van der Waals surface area contributed by atoms with E-state index in [0.29, 0.717) is 5.69 Å². The van der Waals surface area contributed by atoms with E-state index < -0.39 is 10.1 Å². The molecule has 0 aromatic carbocycles. The van der Waals surface area contributed by atoms with Crippen LogP contribution in [0.15, 0.2) is 4.90 Å². The Kier molecular flexibility index (Phi) is 3.20. The first-order valence-corrected chi connectivity index (χ1v) is 5.81. The molecule has 0 fully saturated rings. The van der Waals surface area contributed by atoms with Crippen LogP contribution in [0.3, 0.4) is 0 Å². The summed E-state index contributed by atoms with van der Waals surface area (Å²) in [7, 11) is -2.21.